The van der Waals surface area contributed by atoms with Gasteiger partial charge < -0.3 is 9.32 Å². The Morgan fingerprint density at radius 3 is 2.22 bits per heavy atom. The van der Waals surface area contributed by atoms with Crippen molar-refractivity contribution < 1.29 is 4.42 Å². The molecule has 0 bridgehead atoms. The molecule has 192 valence electrons. The van der Waals surface area contributed by atoms with Crippen LogP contribution >= 0.6 is 11.3 Å². The molecule has 1 aliphatic carbocycles. The lowest BCUT2D eigenvalue weighted by molar-refractivity contribution is 0.669. The van der Waals surface area contributed by atoms with Gasteiger partial charge in [-0.3, -0.25) is 0 Å². The quantitative estimate of drug-likeness (QED) is 0.221. The van der Waals surface area contributed by atoms with Crippen LogP contribution in [0.3, 0.4) is 0 Å². The average molecular weight is 543 g/mol. The maximum absolute atomic E-state index is 6.29. The van der Waals surface area contributed by atoms with E-state index < -0.39 is 0 Å². The van der Waals surface area contributed by atoms with Gasteiger partial charge >= 0.3 is 0 Å². The third kappa shape index (κ3) is 3.35. The molecule has 0 atom stereocenters. The van der Waals surface area contributed by atoms with Crippen LogP contribution in [0.1, 0.15) is 0 Å². The zero-order valence-electron chi connectivity index (χ0n) is 21.9. The largest absolute Gasteiger partial charge is 0.456 e. The van der Waals surface area contributed by atoms with E-state index in [1.54, 1.807) is 11.3 Å². The van der Waals surface area contributed by atoms with Crippen LogP contribution in [0.5, 0.6) is 0 Å². The summed E-state index contributed by atoms with van der Waals surface area (Å²) in [6.45, 7) is 0. The fourth-order valence-electron chi connectivity index (χ4n) is 6.25. The van der Waals surface area contributed by atoms with E-state index in [9.17, 15) is 0 Å². The molecule has 0 fully saturated rings. The highest BCUT2D eigenvalue weighted by Crippen LogP contribution is 2.53. The van der Waals surface area contributed by atoms with Crippen LogP contribution in [0, 0.1) is 0 Å². The van der Waals surface area contributed by atoms with E-state index in [0.29, 0.717) is 0 Å². The van der Waals surface area contributed by atoms with Crippen molar-refractivity contribution in [2.24, 2.45) is 0 Å². The van der Waals surface area contributed by atoms with Gasteiger partial charge in [0, 0.05) is 33.5 Å². The Kier molecular flexibility index (Phi) is 4.77. The first-order valence-corrected chi connectivity index (χ1v) is 14.5. The lowest BCUT2D eigenvalue weighted by Crippen LogP contribution is -2.10. The molecule has 9 rings (SSSR count). The molecule has 8 aromatic rings. The third-order valence-corrected chi connectivity index (χ3v) is 9.14. The van der Waals surface area contributed by atoms with Gasteiger partial charge in [-0.05, 0) is 53.2 Å². The van der Waals surface area contributed by atoms with Crippen molar-refractivity contribution in [1.82, 2.24) is 4.98 Å². The summed E-state index contributed by atoms with van der Waals surface area (Å²) in [4.78, 5) is 8.82. The van der Waals surface area contributed by atoms with Crippen molar-refractivity contribution in [3.8, 4) is 32.3 Å². The van der Waals surface area contributed by atoms with Gasteiger partial charge in [-0.15, -0.1) is 11.3 Å². The number of furan rings is 1. The molecule has 0 saturated heterocycles. The van der Waals surface area contributed by atoms with E-state index in [1.807, 2.05) is 12.1 Å². The molecule has 41 heavy (non-hydrogen) atoms. The van der Waals surface area contributed by atoms with Gasteiger partial charge in [-0.2, -0.15) is 0 Å². The minimum atomic E-state index is 0.881. The second-order valence-corrected chi connectivity index (χ2v) is 11.4. The van der Waals surface area contributed by atoms with Crippen molar-refractivity contribution in [2.75, 3.05) is 4.90 Å². The van der Waals surface area contributed by atoms with Gasteiger partial charge in [-0.1, -0.05) is 91.0 Å². The van der Waals surface area contributed by atoms with Gasteiger partial charge in [0.1, 0.15) is 16.2 Å². The van der Waals surface area contributed by atoms with Crippen LogP contribution in [0.4, 0.5) is 17.1 Å². The van der Waals surface area contributed by atoms with Crippen LogP contribution in [-0.2, 0) is 0 Å². The number of rotatable bonds is 4. The zero-order valence-corrected chi connectivity index (χ0v) is 22.7. The molecule has 1 aliphatic rings. The fourth-order valence-corrected chi connectivity index (χ4v) is 7.37. The van der Waals surface area contributed by atoms with Crippen molar-refractivity contribution >= 4 is 61.1 Å². The Morgan fingerprint density at radius 1 is 0.585 bits per heavy atom. The molecule has 0 N–H and O–H groups in total. The first kappa shape index (κ1) is 22.6. The van der Waals surface area contributed by atoms with Crippen molar-refractivity contribution in [3.63, 3.8) is 0 Å². The average Bonchev–Trinajstić information content (AvgIpc) is 3.71. The first-order valence-electron chi connectivity index (χ1n) is 13.7. The first-order chi connectivity index (χ1) is 20.3. The maximum atomic E-state index is 6.29. The van der Waals surface area contributed by atoms with Crippen LogP contribution in [0.15, 0.2) is 138 Å². The summed E-state index contributed by atoms with van der Waals surface area (Å²) in [7, 11) is 0. The summed E-state index contributed by atoms with van der Waals surface area (Å²) in [5.41, 5.74) is 9.73. The normalized spacial score (nSPS) is 11.9. The second-order valence-electron chi connectivity index (χ2n) is 10.4. The minimum absolute atomic E-state index is 0.881. The molecule has 2 aromatic heterocycles. The molecule has 0 aliphatic heterocycles. The molecule has 0 saturated carbocycles. The van der Waals surface area contributed by atoms with E-state index in [2.05, 4.69) is 126 Å². The Hall–Kier alpha value is -5.19. The Morgan fingerprint density at radius 2 is 1.34 bits per heavy atom. The summed E-state index contributed by atoms with van der Waals surface area (Å²) in [5.74, 6) is 0. The predicted octanol–water partition coefficient (Wildman–Crippen LogP) is 11.0. The van der Waals surface area contributed by atoms with Crippen molar-refractivity contribution in [2.45, 2.75) is 0 Å². The molecule has 0 unspecified atom stereocenters. The zero-order chi connectivity index (χ0) is 26.9. The molecule has 3 nitrogen and oxygen atoms in total. The highest BCUT2D eigenvalue weighted by Gasteiger charge is 2.28. The Bertz CT molecular complexity index is 2260. The van der Waals surface area contributed by atoms with Crippen LogP contribution in [0.25, 0.3) is 65.0 Å². The number of hydrogen-bond acceptors (Lipinski definition) is 4. The van der Waals surface area contributed by atoms with Crippen molar-refractivity contribution in [1.29, 1.82) is 0 Å². The lowest BCUT2D eigenvalue weighted by Gasteiger charge is -2.27. The van der Waals surface area contributed by atoms with E-state index >= 15 is 0 Å². The van der Waals surface area contributed by atoms with Gasteiger partial charge in [-0.25, -0.2) is 4.98 Å². The summed E-state index contributed by atoms with van der Waals surface area (Å²) in [6, 6.07) is 46.9. The van der Waals surface area contributed by atoms with E-state index in [1.165, 1.54) is 26.8 Å². The van der Waals surface area contributed by atoms with Gasteiger partial charge in [0.15, 0.2) is 0 Å². The third-order valence-electron chi connectivity index (χ3n) is 8.00. The summed E-state index contributed by atoms with van der Waals surface area (Å²) >= 11 is 1.78. The lowest BCUT2D eigenvalue weighted by atomic mass is 10.0. The van der Waals surface area contributed by atoms with E-state index in [-0.39, 0.29) is 0 Å². The number of anilines is 3. The van der Waals surface area contributed by atoms with E-state index in [4.69, 9.17) is 9.40 Å². The standard InChI is InChI=1S/C37H22N2OS/c1-3-11-23(12-4-1)37-38-35-29-22-26(21-24-13-9-17-28(33(24)29)36(35)41-37)39(25-14-5-2-6-15-25)30-18-10-20-32-34(30)27-16-7-8-19-31(27)40-32/h1-22H. The number of benzene rings is 6. The molecule has 0 spiro atoms. The molecule has 4 heteroatoms. The van der Waals surface area contributed by atoms with Crippen molar-refractivity contribution in [3.05, 3.63) is 133 Å². The number of nitrogens with zero attached hydrogens (tertiary/aromatic N) is 2. The highest BCUT2D eigenvalue weighted by atomic mass is 32.1. The van der Waals surface area contributed by atoms with Crippen LogP contribution in [0.2, 0.25) is 0 Å². The summed E-state index contributed by atoms with van der Waals surface area (Å²) in [6.07, 6.45) is 0. The molecular weight excluding hydrogens is 520 g/mol. The van der Waals surface area contributed by atoms with Gasteiger partial charge in [0.2, 0.25) is 0 Å². The number of aromatic nitrogens is 1. The topological polar surface area (TPSA) is 29.3 Å². The van der Waals surface area contributed by atoms with Crippen LogP contribution in [-0.4, -0.2) is 4.98 Å². The van der Waals surface area contributed by atoms with Gasteiger partial charge in [0.25, 0.3) is 0 Å². The molecule has 6 aromatic carbocycles. The number of hydrogen-bond donors (Lipinski definition) is 0. The SMILES string of the molecule is c1ccc(-c2nc3c(s2)-c2cccc4cc(N(c5ccccc5)c5cccc6oc7ccccc7c56)cc-3c24)cc1. The minimum Gasteiger partial charge on any atom is -0.456 e. The molecule has 2 heterocycles. The maximum Gasteiger partial charge on any atom is 0.137 e. The molecule has 0 radical (unpaired) electrons. The summed E-state index contributed by atoms with van der Waals surface area (Å²) < 4.78 is 6.29. The molecule has 0 amide bonds. The Balaban J connectivity index is 1.32. The number of thiazole rings is 1. The summed E-state index contributed by atoms with van der Waals surface area (Å²) in [5, 5.41) is 5.77. The number of para-hydroxylation sites is 2. The fraction of sp³-hybridized carbons (Fsp3) is 0. The molecular formula is C37H22N2OS. The highest BCUT2D eigenvalue weighted by molar-refractivity contribution is 7.19. The second kappa shape index (κ2) is 8.65. The van der Waals surface area contributed by atoms with Gasteiger partial charge in [0.05, 0.1) is 21.6 Å². The number of fused-ring (bicyclic) bond motifs is 6. The Labute approximate surface area is 240 Å². The van der Waals surface area contributed by atoms with E-state index in [0.717, 1.165) is 55.3 Å². The van der Waals surface area contributed by atoms with Crippen LogP contribution < -0.4 is 4.90 Å². The monoisotopic (exact) mass is 542 g/mol. The predicted molar refractivity (Wildman–Crippen MR) is 171 cm³/mol. The smallest absolute Gasteiger partial charge is 0.137 e.